The quantitative estimate of drug-likeness (QED) is 0.938. The summed E-state index contributed by atoms with van der Waals surface area (Å²) in [4.78, 5) is 17.4. The molecule has 1 atom stereocenters. The van der Waals surface area contributed by atoms with Gasteiger partial charge in [-0.25, -0.2) is 0 Å². The maximum absolute atomic E-state index is 12.8. The van der Waals surface area contributed by atoms with E-state index in [0.717, 1.165) is 12.8 Å². The van der Waals surface area contributed by atoms with Gasteiger partial charge in [0.15, 0.2) is 0 Å². The lowest BCUT2D eigenvalue weighted by atomic mass is 10.2. The fourth-order valence-corrected chi connectivity index (χ4v) is 4.79. The third-order valence-electron chi connectivity index (χ3n) is 4.48. The summed E-state index contributed by atoms with van der Waals surface area (Å²) in [6.45, 7) is 4.95. The van der Waals surface area contributed by atoms with Crippen LogP contribution in [0.4, 0.5) is 0 Å². The van der Waals surface area contributed by atoms with Gasteiger partial charge in [0, 0.05) is 16.3 Å². The van der Waals surface area contributed by atoms with Crippen LogP contribution >= 0.6 is 22.7 Å². The van der Waals surface area contributed by atoms with Gasteiger partial charge in [-0.15, -0.1) is 11.3 Å². The van der Waals surface area contributed by atoms with Gasteiger partial charge in [0.2, 0.25) is 5.91 Å². The third-order valence-corrected chi connectivity index (χ3v) is 6.44. The summed E-state index contributed by atoms with van der Waals surface area (Å²) >= 11 is 3.49. The highest BCUT2D eigenvalue weighted by Gasteiger charge is 2.59. The second kappa shape index (κ2) is 4.66. The van der Waals surface area contributed by atoms with E-state index in [0.29, 0.717) is 6.54 Å². The van der Waals surface area contributed by atoms with E-state index in [1.807, 2.05) is 4.90 Å². The van der Waals surface area contributed by atoms with Crippen LogP contribution in [-0.4, -0.2) is 16.3 Å². The first-order valence-electron chi connectivity index (χ1n) is 7.26. The molecule has 4 rings (SSSR count). The molecule has 1 spiro atoms. The number of aryl methyl sites for hydroxylation is 2. The first kappa shape index (κ1) is 13.5. The van der Waals surface area contributed by atoms with Crippen LogP contribution in [0.3, 0.4) is 0 Å². The standard InChI is InChI=1S/C16H18N2OS2/c1-10-8-20-9-12(10)7-18-14(13-4-3-11(2)21-13)17-16(5-6-16)15(18)19/h3-4,8-9,14,17H,5-7H2,1-2H3. The number of carbonyl (C=O) groups is 1. The summed E-state index contributed by atoms with van der Waals surface area (Å²) in [5.74, 6) is 0.282. The summed E-state index contributed by atoms with van der Waals surface area (Å²) < 4.78 is 0. The lowest BCUT2D eigenvalue weighted by Gasteiger charge is -2.23. The van der Waals surface area contributed by atoms with Crippen molar-refractivity contribution in [3.63, 3.8) is 0 Å². The van der Waals surface area contributed by atoms with Crippen LogP contribution < -0.4 is 5.32 Å². The Morgan fingerprint density at radius 1 is 1.33 bits per heavy atom. The molecule has 3 nitrogen and oxygen atoms in total. The van der Waals surface area contributed by atoms with Crippen LogP contribution in [0.15, 0.2) is 22.9 Å². The van der Waals surface area contributed by atoms with Gasteiger partial charge in [-0.05, 0) is 60.7 Å². The number of nitrogens with one attached hydrogen (secondary N) is 1. The van der Waals surface area contributed by atoms with E-state index in [-0.39, 0.29) is 17.6 Å². The van der Waals surface area contributed by atoms with E-state index < -0.39 is 0 Å². The van der Waals surface area contributed by atoms with E-state index in [2.05, 4.69) is 42.1 Å². The molecule has 2 aromatic rings. The highest BCUT2D eigenvalue weighted by Crippen LogP contribution is 2.47. The Morgan fingerprint density at radius 3 is 2.71 bits per heavy atom. The smallest absolute Gasteiger partial charge is 0.244 e. The molecule has 110 valence electrons. The molecule has 1 amide bonds. The SMILES string of the molecule is Cc1ccc(C2NC3(CC3)C(=O)N2Cc2cscc2C)s1. The van der Waals surface area contributed by atoms with Crippen molar-refractivity contribution in [3.05, 3.63) is 43.8 Å². The lowest BCUT2D eigenvalue weighted by molar-refractivity contribution is -0.131. The zero-order chi connectivity index (χ0) is 14.6. The predicted molar refractivity (Wildman–Crippen MR) is 86.5 cm³/mol. The van der Waals surface area contributed by atoms with Gasteiger partial charge in [0.1, 0.15) is 11.7 Å². The summed E-state index contributed by atoms with van der Waals surface area (Å²) in [7, 11) is 0. The molecule has 1 aliphatic carbocycles. The van der Waals surface area contributed by atoms with Crippen LogP contribution in [0.25, 0.3) is 0 Å². The Bertz CT molecular complexity index is 699. The van der Waals surface area contributed by atoms with E-state index >= 15 is 0 Å². The molecule has 1 saturated heterocycles. The molecule has 1 saturated carbocycles. The van der Waals surface area contributed by atoms with Crippen molar-refractivity contribution in [3.8, 4) is 0 Å². The van der Waals surface area contributed by atoms with Gasteiger partial charge >= 0.3 is 0 Å². The van der Waals surface area contributed by atoms with Crippen LogP contribution in [0.1, 0.15) is 39.9 Å². The number of thiophene rings is 2. The fraction of sp³-hybridized carbons (Fsp3) is 0.438. The Kier molecular flexibility index (Phi) is 3.00. The minimum absolute atomic E-state index is 0.0398. The molecule has 2 fully saturated rings. The molecule has 0 aromatic carbocycles. The van der Waals surface area contributed by atoms with E-state index in [9.17, 15) is 4.79 Å². The summed E-state index contributed by atoms with van der Waals surface area (Å²) in [5, 5.41) is 7.91. The Morgan fingerprint density at radius 2 is 2.14 bits per heavy atom. The molecule has 1 unspecified atom stereocenters. The van der Waals surface area contributed by atoms with Crippen LogP contribution in [0.5, 0.6) is 0 Å². The van der Waals surface area contributed by atoms with Crippen LogP contribution in [0, 0.1) is 13.8 Å². The number of nitrogens with zero attached hydrogens (tertiary/aromatic N) is 1. The largest absolute Gasteiger partial charge is 0.316 e. The average molecular weight is 318 g/mol. The molecule has 0 radical (unpaired) electrons. The van der Waals surface area contributed by atoms with Crippen molar-refractivity contribution < 1.29 is 4.79 Å². The van der Waals surface area contributed by atoms with Crippen molar-refractivity contribution in [2.24, 2.45) is 0 Å². The second-order valence-electron chi connectivity index (χ2n) is 6.09. The van der Waals surface area contributed by atoms with Gasteiger partial charge in [-0.2, -0.15) is 11.3 Å². The highest BCUT2D eigenvalue weighted by molar-refractivity contribution is 7.12. The number of hydrogen-bond donors (Lipinski definition) is 1. The van der Waals surface area contributed by atoms with Gasteiger partial charge < -0.3 is 4.90 Å². The molecule has 2 aliphatic rings. The molecule has 21 heavy (non-hydrogen) atoms. The number of rotatable bonds is 3. The summed E-state index contributed by atoms with van der Waals surface area (Å²) in [6, 6.07) is 4.29. The number of carbonyl (C=O) groups excluding carboxylic acids is 1. The molecule has 0 bridgehead atoms. The molecule has 1 aliphatic heterocycles. The van der Waals surface area contributed by atoms with Crippen molar-refractivity contribution in [1.82, 2.24) is 10.2 Å². The van der Waals surface area contributed by atoms with Crippen molar-refractivity contribution >= 4 is 28.6 Å². The maximum atomic E-state index is 12.8. The normalized spacial score (nSPS) is 23.2. The Balaban J connectivity index is 1.67. The Labute approximate surface area is 132 Å². The fourth-order valence-electron chi connectivity index (χ4n) is 3.00. The van der Waals surface area contributed by atoms with E-state index in [1.54, 1.807) is 22.7 Å². The van der Waals surface area contributed by atoms with Gasteiger partial charge in [-0.1, -0.05) is 0 Å². The van der Waals surface area contributed by atoms with E-state index in [4.69, 9.17) is 0 Å². The maximum Gasteiger partial charge on any atom is 0.244 e. The monoisotopic (exact) mass is 318 g/mol. The van der Waals surface area contributed by atoms with Crippen molar-refractivity contribution in [2.45, 2.75) is 44.9 Å². The summed E-state index contributed by atoms with van der Waals surface area (Å²) in [6.07, 6.45) is 2.00. The number of amides is 1. The molecule has 2 aromatic heterocycles. The first-order chi connectivity index (χ1) is 10.1. The summed E-state index contributed by atoms with van der Waals surface area (Å²) in [5.41, 5.74) is 2.30. The zero-order valence-electron chi connectivity index (χ0n) is 12.2. The molecular formula is C16H18N2OS2. The Hall–Kier alpha value is -1.17. The second-order valence-corrected chi connectivity index (χ2v) is 8.15. The van der Waals surface area contributed by atoms with Crippen molar-refractivity contribution in [2.75, 3.05) is 0 Å². The minimum Gasteiger partial charge on any atom is -0.316 e. The number of hydrogen-bond acceptors (Lipinski definition) is 4. The first-order valence-corrected chi connectivity index (χ1v) is 9.02. The van der Waals surface area contributed by atoms with E-state index in [1.165, 1.54) is 20.9 Å². The van der Waals surface area contributed by atoms with Gasteiger partial charge in [0.25, 0.3) is 0 Å². The molecule has 5 heteroatoms. The zero-order valence-corrected chi connectivity index (χ0v) is 13.8. The van der Waals surface area contributed by atoms with Crippen LogP contribution in [0.2, 0.25) is 0 Å². The third kappa shape index (κ3) is 2.15. The predicted octanol–water partition coefficient (Wildman–Crippen LogP) is 3.59. The molecule has 3 heterocycles. The lowest BCUT2D eigenvalue weighted by Crippen LogP contribution is -2.32. The highest BCUT2D eigenvalue weighted by atomic mass is 32.1. The molecule has 1 N–H and O–H groups in total. The average Bonchev–Trinajstić information content (AvgIpc) is 2.80. The topological polar surface area (TPSA) is 32.3 Å². The molecular weight excluding hydrogens is 300 g/mol. The van der Waals surface area contributed by atoms with Gasteiger partial charge in [-0.3, -0.25) is 10.1 Å². The minimum atomic E-state index is -0.257. The van der Waals surface area contributed by atoms with Crippen LogP contribution in [-0.2, 0) is 11.3 Å². The van der Waals surface area contributed by atoms with Gasteiger partial charge in [0.05, 0.1) is 0 Å². The van der Waals surface area contributed by atoms with Crippen molar-refractivity contribution in [1.29, 1.82) is 0 Å².